The summed E-state index contributed by atoms with van der Waals surface area (Å²) in [6, 6.07) is 9.01. The monoisotopic (exact) mass is 526 g/mol. The predicted molar refractivity (Wildman–Crippen MR) is 136 cm³/mol. The van der Waals surface area contributed by atoms with Crippen LogP contribution in [0.3, 0.4) is 0 Å². The Balaban J connectivity index is 1.11. The van der Waals surface area contributed by atoms with E-state index in [1.807, 2.05) is 19.1 Å². The summed E-state index contributed by atoms with van der Waals surface area (Å²) in [7, 11) is 0. The zero-order valence-electron chi connectivity index (χ0n) is 20.5. The quantitative estimate of drug-likeness (QED) is 0.519. The van der Waals surface area contributed by atoms with Gasteiger partial charge in [-0.05, 0) is 61.8 Å². The van der Waals surface area contributed by atoms with Crippen molar-refractivity contribution in [1.82, 2.24) is 25.1 Å². The third-order valence-corrected chi connectivity index (χ3v) is 8.07. The van der Waals surface area contributed by atoms with Gasteiger partial charge in [0.2, 0.25) is 11.9 Å². The highest BCUT2D eigenvalue weighted by atomic mass is 35.5. The fraction of sp³-hybridized carbons (Fsp3) is 0.370. The molecule has 1 unspecified atom stereocenters. The first-order valence-corrected chi connectivity index (χ1v) is 12.9. The van der Waals surface area contributed by atoms with Gasteiger partial charge >= 0.3 is 0 Å². The molecule has 3 aromatic rings. The van der Waals surface area contributed by atoms with Crippen molar-refractivity contribution in [1.29, 1.82) is 10.5 Å². The van der Waals surface area contributed by atoms with E-state index in [0.29, 0.717) is 41.8 Å². The summed E-state index contributed by atoms with van der Waals surface area (Å²) >= 11 is 6.11. The standard InChI is InChI=1S/C27H23ClN8O2/c1-14(18-10-31-27(32-11-18)35-12-17-6-22(17)26(35)38)36-13-23(24(9-30)34-36)25(37)33-20-4-16(5-20)21-7-19(28)3-2-15(21)8-29/h2-3,7,10-11,13-14,16-17,20,22H,4-6,12H2,1H3,(H,33,37)/t14?,16-,17-,20+,22-/m1/s1. The number of fused-ring (bicyclic) bond motifs is 1. The zero-order valence-corrected chi connectivity index (χ0v) is 21.3. The van der Waals surface area contributed by atoms with E-state index in [0.717, 1.165) is 17.5 Å². The molecule has 3 aliphatic rings. The number of halogens is 1. The Morgan fingerprint density at radius 1 is 1.18 bits per heavy atom. The number of piperidine rings is 1. The molecule has 38 heavy (non-hydrogen) atoms. The minimum Gasteiger partial charge on any atom is -0.349 e. The molecule has 1 N–H and O–H groups in total. The fourth-order valence-electron chi connectivity index (χ4n) is 5.36. The van der Waals surface area contributed by atoms with Crippen LogP contribution in [0, 0.1) is 34.5 Å². The van der Waals surface area contributed by atoms with Gasteiger partial charge in [0.05, 0.1) is 23.2 Å². The fourth-order valence-corrected chi connectivity index (χ4v) is 5.54. The van der Waals surface area contributed by atoms with Crippen LogP contribution in [0.15, 0.2) is 36.8 Å². The van der Waals surface area contributed by atoms with Crippen LogP contribution in [0.5, 0.6) is 0 Å². The van der Waals surface area contributed by atoms with Crippen molar-refractivity contribution in [2.75, 3.05) is 11.4 Å². The van der Waals surface area contributed by atoms with Crippen LogP contribution in [0.25, 0.3) is 0 Å². The molecule has 3 atom stereocenters. The van der Waals surface area contributed by atoms with Crippen molar-refractivity contribution in [3.63, 3.8) is 0 Å². The Kier molecular flexibility index (Phi) is 5.85. The van der Waals surface area contributed by atoms with Crippen LogP contribution < -0.4 is 10.2 Å². The van der Waals surface area contributed by atoms with Gasteiger partial charge in [0, 0.05) is 47.7 Å². The smallest absolute Gasteiger partial charge is 0.256 e. The first-order chi connectivity index (χ1) is 18.4. The largest absolute Gasteiger partial charge is 0.349 e. The first kappa shape index (κ1) is 24.1. The van der Waals surface area contributed by atoms with Crippen LogP contribution in [-0.2, 0) is 4.79 Å². The van der Waals surface area contributed by atoms with E-state index < -0.39 is 0 Å². The van der Waals surface area contributed by atoms with Gasteiger partial charge in [-0.15, -0.1) is 0 Å². The van der Waals surface area contributed by atoms with Gasteiger partial charge in [0.25, 0.3) is 5.91 Å². The van der Waals surface area contributed by atoms with E-state index in [4.69, 9.17) is 11.6 Å². The summed E-state index contributed by atoms with van der Waals surface area (Å²) in [6.45, 7) is 2.54. The lowest BCUT2D eigenvalue weighted by molar-refractivity contribution is -0.118. The SMILES string of the molecule is CC(c1cnc(N2C[C@H]3C[C@H]3C2=O)nc1)n1cc(C(=O)N[C@H]2C[C@@H](c3cc(Cl)ccc3C#N)C2)c(C#N)n1. The van der Waals surface area contributed by atoms with Crippen LogP contribution in [-0.4, -0.2) is 44.1 Å². The van der Waals surface area contributed by atoms with E-state index >= 15 is 0 Å². The van der Waals surface area contributed by atoms with E-state index in [1.165, 1.54) is 0 Å². The number of nitrogens with zero attached hydrogens (tertiary/aromatic N) is 7. The summed E-state index contributed by atoms with van der Waals surface area (Å²) in [5, 5.41) is 26.9. The molecule has 11 heteroatoms. The van der Waals surface area contributed by atoms with Crippen molar-refractivity contribution in [3.05, 3.63) is 69.8 Å². The minimum absolute atomic E-state index is 0.0336. The van der Waals surface area contributed by atoms with Gasteiger partial charge in [0.15, 0.2) is 5.69 Å². The first-order valence-electron chi connectivity index (χ1n) is 12.5. The number of carbonyl (C=O) groups excluding carboxylic acids is 2. The molecule has 0 radical (unpaired) electrons. The average Bonchev–Trinajstić information content (AvgIpc) is 3.42. The number of aromatic nitrogens is 4. The van der Waals surface area contributed by atoms with Gasteiger partial charge in [-0.3, -0.25) is 19.2 Å². The lowest BCUT2D eigenvalue weighted by Crippen LogP contribution is -2.43. The lowest BCUT2D eigenvalue weighted by Gasteiger charge is -2.36. The molecule has 2 aliphatic carbocycles. The minimum atomic E-state index is -0.368. The second-order valence-electron chi connectivity index (χ2n) is 10.2. The summed E-state index contributed by atoms with van der Waals surface area (Å²) < 4.78 is 1.55. The summed E-state index contributed by atoms with van der Waals surface area (Å²) in [6.07, 6.45) is 7.18. The topological polar surface area (TPSA) is 141 Å². The maximum atomic E-state index is 13.0. The van der Waals surface area contributed by atoms with Gasteiger partial charge in [-0.25, -0.2) is 9.97 Å². The summed E-state index contributed by atoms with van der Waals surface area (Å²) in [5.41, 5.74) is 2.45. The molecule has 1 aliphatic heterocycles. The Hall–Kier alpha value is -4.28. The lowest BCUT2D eigenvalue weighted by atomic mass is 9.74. The van der Waals surface area contributed by atoms with E-state index in [-0.39, 0.29) is 47.0 Å². The van der Waals surface area contributed by atoms with Crippen molar-refractivity contribution < 1.29 is 9.59 Å². The maximum Gasteiger partial charge on any atom is 0.256 e. The molecule has 0 spiro atoms. The summed E-state index contributed by atoms with van der Waals surface area (Å²) in [5.74, 6) is 0.820. The molecular weight excluding hydrogens is 504 g/mol. The number of hydrogen-bond acceptors (Lipinski definition) is 7. The van der Waals surface area contributed by atoms with Crippen LogP contribution in [0.2, 0.25) is 5.02 Å². The molecular formula is C27H23ClN8O2. The number of benzene rings is 1. The van der Waals surface area contributed by atoms with Crippen molar-refractivity contribution in [3.8, 4) is 12.1 Å². The maximum absolute atomic E-state index is 13.0. The highest BCUT2D eigenvalue weighted by molar-refractivity contribution is 6.30. The zero-order chi connectivity index (χ0) is 26.6. The number of anilines is 1. The van der Waals surface area contributed by atoms with E-state index in [2.05, 4.69) is 26.5 Å². The molecule has 2 aromatic heterocycles. The van der Waals surface area contributed by atoms with E-state index in [9.17, 15) is 20.1 Å². The molecule has 1 aromatic carbocycles. The second kappa shape index (κ2) is 9.23. The van der Waals surface area contributed by atoms with Crippen molar-refractivity contribution in [2.45, 2.75) is 44.2 Å². The molecule has 1 saturated heterocycles. The Morgan fingerprint density at radius 2 is 1.95 bits per heavy atom. The van der Waals surface area contributed by atoms with Gasteiger partial charge < -0.3 is 5.32 Å². The Morgan fingerprint density at radius 3 is 2.61 bits per heavy atom. The van der Waals surface area contributed by atoms with E-state index in [1.54, 1.807) is 40.3 Å². The third kappa shape index (κ3) is 4.17. The molecule has 2 saturated carbocycles. The van der Waals surface area contributed by atoms with Gasteiger partial charge in [0.1, 0.15) is 6.07 Å². The highest BCUT2D eigenvalue weighted by Crippen LogP contribution is 2.46. The molecule has 2 amide bonds. The van der Waals surface area contributed by atoms with Crippen molar-refractivity contribution in [2.24, 2.45) is 11.8 Å². The number of amides is 2. The number of nitrogens with one attached hydrogen (secondary N) is 1. The molecule has 190 valence electrons. The number of rotatable bonds is 6. The third-order valence-electron chi connectivity index (χ3n) is 7.83. The average molecular weight is 527 g/mol. The predicted octanol–water partition coefficient (Wildman–Crippen LogP) is 3.34. The summed E-state index contributed by atoms with van der Waals surface area (Å²) in [4.78, 5) is 35.7. The number of carbonyl (C=O) groups is 2. The number of hydrogen-bond donors (Lipinski definition) is 1. The molecule has 3 fully saturated rings. The van der Waals surface area contributed by atoms with Gasteiger partial charge in [-0.2, -0.15) is 15.6 Å². The highest BCUT2D eigenvalue weighted by Gasteiger charge is 2.53. The Labute approximate surface area is 223 Å². The number of nitriles is 2. The van der Waals surface area contributed by atoms with Crippen LogP contribution >= 0.6 is 11.6 Å². The van der Waals surface area contributed by atoms with Gasteiger partial charge in [-0.1, -0.05) is 11.6 Å². The second-order valence-corrected chi connectivity index (χ2v) is 10.6. The molecule has 6 rings (SSSR count). The van der Waals surface area contributed by atoms with Crippen LogP contribution in [0.1, 0.15) is 70.9 Å². The van der Waals surface area contributed by atoms with Crippen molar-refractivity contribution >= 4 is 29.4 Å². The molecule has 0 bridgehead atoms. The Bertz CT molecular complexity index is 1530. The molecule has 10 nitrogen and oxygen atoms in total. The van der Waals surface area contributed by atoms with Crippen LogP contribution in [0.4, 0.5) is 5.95 Å². The normalized spacial score (nSPS) is 24.1. The molecule has 3 heterocycles.